The summed E-state index contributed by atoms with van der Waals surface area (Å²) >= 11 is 0. The maximum atomic E-state index is 12.8. The Morgan fingerprint density at radius 2 is 1.74 bits per heavy atom. The molecule has 0 amide bonds. The summed E-state index contributed by atoms with van der Waals surface area (Å²) in [5.41, 5.74) is 0.826. The van der Waals surface area contributed by atoms with E-state index >= 15 is 0 Å². The van der Waals surface area contributed by atoms with Gasteiger partial charge in [0.2, 0.25) is 0 Å². The van der Waals surface area contributed by atoms with Crippen LogP contribution in [0.5, 0.6) is 11.5 Å². The quantitative estimate of drug-likeness (QED) is 0.445. The number of anilines is 1. The van der Waals surface area contributed by atoms with E-state index in [9.17, 15) is 9.59 Å². The zero-order chi connectivity index (χ0) is 24.7. The molecule has 1 N–H and O–H groups in total. The lowest BCUT2D eigenvalue weighted by Crippen LogP contribution is -2.38. The van der Waals surface area contributed by atoms with Gasteiger partial charge in [0.1, 0.15) is 17.2 Å². The molecule has 34 heavy (non-hydrogen) atoms. The summed E-state index contributed by atoms with van der Waals surface area (Å²) in [4.78, 5) is 39.9. The maximum absolute atomic E-state index is 12.8. The Labute approximate surface area is 196 Å². The van der Waals surface area contributed by atoms with Gasteiger partial charge in [0.15, 0.2) is 17.1 Å². The fourth-order valence-corrected chi connectivity index (χ4v) is 4.18. The van der Waals surface area contributed by atoms with Crippen molar-refractivity contribution < 1.29 is 9.47 Å². The van der Waals surface area contributed by atoms with Gasteiger partial charge in [0, 0.05) is 45.7 Å². The third kappa shape index (κ3) is 3.89. The van der Waals surface area contributed by atoms with Crippen LogP contribution in [0.25, 0.3) is 21.9 Å². The lowest BCUT2D eigenvalue weighted by atomic mass is 10.0. The molecule has 180 valence electrons. The highest BCUT2D eigenvalue weighted by atomic mass is 16.5. The third-order valence-corrected chi connectivity index (χ3v) is 5.81. The molecule has 0 unspecified atom stereocenters. The number of rotatable bonds is 7. The molecule has 0 radical (unpaired) electrons. The number of hydrogen-bond donors (Lipinski definition) is 1. The van der Waals surface area contributed by atoms with Crippen molar-refractivity contribution in [3.8, 4) is 11.5 Å². The van der Waals surface area contributed by atoms with Crippen molar-refractivity contribution in [3.05, 3.63) is 50.6 Å². The van der Waals surface area contributed by atoms with Gasteiger partial charge in [-0.15, -0.1) is 0 Å². The predicted octanol–water partition coefficient (Wildman–Crippen LogP) is 2.30. The van der Waals surface area contributed by atoms with Gasteiger partial charge in [-0.1, -0.05) is 13.8 Å². The molecule has 10 nitrogen and oxygen atoms in total. The van der Waals surface area contributed by atoms with Crippen LogP contribution in [0, 0.1) is 5.92 Å². The number of aromatic amines is 1. The van der Waals surface area contributed by atoms with E-state index in [2.05, 4.69) is 15.0 Å². The number of imidazole rings is 1. The molecule has 0 bridgehead atoms. The average Bonchev–Trinajstić information content (AvgIpc) is 3.23. The van der Waals surface area contributed by atoms with E-state index in [-0.39, 0.29) is 11.6 Å². The molecule has 0 spiro atoms. The largest absolute Gasteiger partial charge is 0.493 e. The van der Waals surface area contributed by atoms with Gasteiger partial charge >= 0.3 is 5.69 Å². The van der Waals surface area contributed by atoms with Crippen LogP contribution in [0.4, 0.5) is 5.82 Å². The van der Waals surface area contributed by atoms with Gasteiger partial charge in [-0.05, 0) is 29.0 Å². The van der Waals surface area contributed by atoms with Crippen molar-refractivity contribution in [1.29, 1.82) is 0 Å². The Kier molecular flexibility index (Phi) is 6.07. The van der Waals surface area contributed by atoms with Gasteiger partial charge in [-0.3, -0.25) is 13.9 Å². The summed E-state index contributed by atoms with van der Waals surface area (Å²) in [5.74, 6) is 2.81. The number of pyridine rings is 1. The topological polar surface area (TPSA) is 107 Å². The van der Waals surface area contributed by atoms with Gasteiger partial charge < -0.3 is 19.4 Å². The first kappa shape index (κ1) is 23.3. The van der Waals surface area contributed by atoms with Crippen molar-refractivity contribution in [2.24, 2.45) is 13.0 Å². The first-order chi connectivity index (χ1) is 16.2. The molecule has 0 aliphatic rings. The summed E-state index contributed by atoms with van der Waals surface area (Å²) in [6, 6.07) is 3.84. The first-order valence-electron chi connectivity index (χ1n) is 11.1. The summed E-state index contributed by atoms with van der Waals surface area (Å²) in [6.07, 6.45) is 2.19. The zero-order valence-corrected chi connectivity index (χ0v) is 20.6. The molecule has 3 aromatic heterocycles. The fraction of sp³-hybridized carbons (Fsp3) is 0.417. The minimum atomic E-state index is -0.392. The number of nitrogens with one attached hydrogen (secondary N) is 1. The number of aromatic nitrogens is 5. The monoisotopic (exact) mass is 466 g/mol. The number of fused-ring (bicyclic) bond motifs is 2. The van der Waals surface area contributed by atoms with E-state index in [0.717, 1.165) is 26.7 Å². The highest BCUT2D eigenvalue weighted by molar-refractivity contribution is 5.96. The van der Waals surface area contributed by atoms with Crippen LogP contribution in [-0.4, -0.2) is 52.4 Å². The molecule has 0 aliphatic carbocycles. The Morgan fingerprint density at radius 1 is 1.09 bits per heavy atom. The molecule has 0 atom stereocenters. The normalized spacial score (nSPS) is 11.5. The number of hydrogen-bond acceptors (Lipinski definition) is 7. The molecule has 0 saturated carbocycles. The third-order valence-electron chi connectivity index (χ3n) is 5.81. The molecular formula is C24H30N6O4. The second-order valence-electron chi connectivity index (χ2n) is 8.96. The van der Waals surface area contributed by atoms with Crippen LogP contribution in [0.1, 0.15) is 25.2 Å². The zero-order valence-electron chi connectivity index (χ0n) is 20.6. The predicted molar refractivity (Wildman–Crippen MR) is 132 cm³/mol. The average molecular weight is 467 g/mol. The van der Waals surface area contributed by atoms with Crippen LogP contribution in [0.3, 0.4) is 0 Å². The van der Waals surface area contributed by atoms with Crippen LogP contribution in [0.15, 0.2) is 27.9 Å². The standard InChI is InChI=1S/C24H30N6O4/c1-13(2)12-30-22-20(23(31)29(5)24(30)32)26-19(27-22)8-14-11-25-21(28(3)4)16-10-18(34-7)17(33-6)9-15(14)16/h9-11,13H,8,12H2,1-7H3,(H,26,27). The SMILES string of the molecule is COc1cc2c(Cc3nc4c([nH]3)c(=O)n(C)c(=O)n4CC(C)C)cnc(N(C)C)c2cc1OC. The molecule has 0 fully saturated rings. The lowest BCUT2D eigenvalue weighted by molar-refractivity contribution is 0.356. The second-order valence-corrected chi connectivity index (χ2v) is 8.96. The molecule has 4 rings (SSSR count). The second kappa shape index (κ2) is 8.85. The molecule has 1 aromatic carbocycles. The van der Waals surface area contributed by atoms with Gasteiger partial charge in [0.25, 0.3) is 5.56 Å². The highest BCUT2D eigenvalue weighted by Gasteiger charge is 2.19. The summed E-state index contributed by atoms with van der Waals surface area (Å²) in [7, 11) is 8.54. The number of H-pyrrole nitrogens is 1. The molecule has 0 saturated heterocycles. The molecule has 10 heteroatoms. The van der Waals surface area contributed by atoms with E-state index in [1.165, 1.54) is 7.05 Å². The Balaban J connectivity index is 1.91. The minimum Gasteiger partial charge on any atom is -0.493 e. The number of benzene rings is 1. The summed E-state index contributed by atoms with van der Waals surface area (Å²) < 4.78 is 13.7. The van der Waals surface area contributed by atoms with Crippen LogP contribution < -0.4 is 25.6 Å². The summed E-state index contributed by atoms with van der Waals surface area (Å²) in [5, 5.41) is 1.84. The van der Waals surface area contributed by atoms with Gasteiger partial charge in [-0.25, -0.2) is 14.8 Å². The van der Waals surface area contributed by atoms with Crippen LogP contribution in [0.2, 0.25) is 0 Å². The van der Waals surface area contributed by atoms with Crippen molar-refractivity contribution in [1.82, 2.24) is 24.1 Å². The maximum Gasteiger partial charge on any atom is 0.332 e. The Morgan fingerprint density at radius 3 is 2.32 bits per heavy atom. The molecular weight excluding hydrogens is 436 g/mol. The van der Waals surface area contributed by atoms with Crippen molar-refractivity contribution in [3.63, 3.8) is 0 Å². The van der Waals surface area contributed by atoms with E-state index in [1.54, 1.807) is 25.0 Å². The van der Waals surface area contributed by atoms with E-state index in [0.29, 0.717) is 41.5 Å². The molecule has 4 aromatic rings. The van der Waals surface area contributed by atoms with Crippen molar-refractivity contribution >= 4 is 27.8 Å². The number of ether oxygens (including phenoxy) is 2. The number of methoxy groups -OCH3 is 2. The van der Waals surface area contributed by atoms with Gasteiger partial charge in [0.05, 0.1) is 14.2 Å². The Bertz CT molecular complexity index is 1500. The van der Waals surface area contributed by atoms with Crippen LogP contribution >= 0.6 is 0 Å². The lowest BCUT2D eigenvalue weighted by Gasteiger charge is -2.18. The fourth-order valence-electron chi connectivity index (χ4n) is 4.18. The highest BCUT2D eigenvalue weighted by Crippen LogP contribution is 2.37. The van der Waals surface area contributed by atoms with E-state index in [4.69, 9.17) is 9.47 Å². The van der Waals surface area contributed by atoms with Crippen molar-refractivity contribution in [2.45, 2.75) is 26.8 Å². The summed E-state index contributed by atoms with van der Waals surface area (Å²) in [6.45, 7) is 4.50. The smallest absolute Gasteiger partial charge is 0.332 e. The van der Waals surface area contributed by atoms with Gasteiger partial charge in [-0.2, -0.15) is 0 Å². The minimum absolute atomic E-state index is 0.215. The van der Waals surface area contributed by atoms with Crippen molar-refractivity contribution in [2.75, 3.05) is 33.2 Å². The van der Waals surface area contributed by atoms with E-state index < -0.39 is 5.56 Å². The van der Waals surface area contributed by atoms with Crippen LogP contribution in [-0.2, 0) is 20.0 Å². The molecule has 0 aliphatic heterocycles. The molecule has 3 heterocycles. The van der Waals surface area contributed by atoms with E-state index in [1.807, 2.05) is 45.0 Å². The number of nitrogens with zero attached hydrogens (tertiary/aromatic N) is 5. The Hall–Kier alpha value is -3.82. The first-order valence-corrected chi connectivity index (χ1v) is 11.1.